The Balaban J connectivity index is 1.66. The molecule has 2 aliphatic carbocycles. The standard InChI is InChI=1S/C17H27NO4/c1-16(2)11-7-8-17(16,3)13(9-11)22-10-18-12(15(20)21-4)5-6-14(18)19/h11-13H,5-10H2,1-4H3/t11-,12-,13+,17+/m0/s1. The average Bonchev–Trinajstić information content (AvgIpc) is 3.01. The molecule has 3 rings (SSSR count). The smallest absolute Gasteiger partial charge is 0.328 e. The van der Waals surface area contributed by atoms with Gasteiger partial charge in [-0.05, 0) is 42.4 Å². The van der Waals surface area contributed by atoms with Crippen LogP contribution < -0.4 is 0 Å². The van der Waals surface area contributed by atoms with Crippen molar-refractivity contribution in [2.75, 3.05) is 13.8 Å². The molecule has 0 aromatic carbocycles. The second-order valence-corrected chi connectivity index (χ2v) is 7.84. The maximum Gasteiger partial charge on any atom is 0.328 e. The maximum absolute atomic E-state index is 12.0. The summed E-state index contributed by atoms with van der Waals surface area (Å²) in [6.45, 7) is 7.20. The van der Waals surface area contributed by atoms with Crippen LogP contribution in [0.4, 0.5) is 0 Å². The van der Waals surface area contributed by atoms with Gasteiger partial charge in [-0.3, -0.25) is 4.79 Å². The van der Waals surface area contributed by atoms with Gasteiger partial charge in [-0.1, -0.05) is 20.8 Å². The topological polar surface area (TPSA) is 55.8 Å². The Hall–Kier alpha value is -1.10. The van der Waals surface area contributed by atoms with Gasteiger partial charge in [0.05, 0.1) is 13.2 Å². The molecule has 0 unspecified atom stereocenters. The molecule has 5 heteroatoms. The third-order valence-corrected chi connectivity index (χ3v) is 6.93. The van der Waals surface area contributed by atoms with E-state index in [9.17, 15) is 9.59 Å². The lowest BCUT2D eigenvalue weighted by Gasteiger charge is -2.39. The number of nitrogens with zero attached hydrogens (tertiary/aromatic N) is 1. The fourth-order valence-corrected chi connectivity index (χ4v) is 4.83. The number of hydrogen-bond acceptors (Lipinski definition) is 4. The minimum Gasteiger partial charge on any atom is -0.467 e. The van der Waals surface area contributed by atoms with E-state index in [1.54, 1.807) is 4.90 Å². The minimum atomic E-state index is -0.475. The van der Waals surface area contributed by atoms with Gasteiger partial charge >= 0.3 is 5.97 Å². The van der Waals surface area contributed by atoms with E-state index < -0.39 is 6.04 Å². The molecule has 0 radical (unpaired) electrons. The zero-order valence-corrected chi connectivity index (χ0v) is 14.1. The van der Waals surface area contributed by atoms with Gasteiger partial charge in [0.1, 0.15) is 12.8 Å². The SMILES string of the molecule is COC(=O)[C@@H]1CCC(=O)N1CO[C@@H]1C[C@@H]2CC[C@@]1(C)C2(C)C. The molecular formula is C17H27NO4. The van der Waals surface area contributed by atoms with E-state index in [0.717, 1.165) is 6.42 Å². The van der Waals surface area contributed by atoms with E-state index in [-0.39, 0.29) is 35.5 Å². The van der Waals surface area contributed by atoms with Gasteiger partial charge in [-0.15, -0.1) is 0 Å². The molecule has 1 saturated heterocycles. The molecule has 1 aliphatic heterocycles. The summed E-state index contributed by atoms with van der Waals surface area (Å²) < 4.78 is 11.0. The summed E-state index contributed by atoms with van der Waals surface area (Å²) in [7, 11) is 1.36. The Bertz CT molecular complexity index is 489. The molecule has 1 amide bonds. The Kier molecular flexibility index (Phi) is 3.75. The molecule has 124 valence electrons. The van der Waals surface area contributed by atoms with Crippen molar-refractivity contribution in [3.63, 3.8) is 0 Å². The largest absolute Gasteiger partial charge is 0.467 e. The normalized spacial score (nSPS) is 39.5. The number of likely N-dealkylation sites (tertiary alicyclic amines) is 1. The van der Waals surface area contributed by atoms with Crippen molar-refractivity contribution in [2.45, 2.75) is 65.0 Å². The number of carbonyl (C=O) groups is 2. The summed E-state index contributed by atoms with van der Waals surface area (Å²) in [5.41, 5.74) is 0.454. The number of methoxy groups -OCH3 is 1. The van der Waals surface area contributed by atoms with Crippen LogP contribution >= 0.6 is 0 Å². The summed E-state index contributed by atoms with van der Waals surface area (Å²) in [6, 6.07) is -0.475. The van der Waals surface area contributed by atoms with Crippen molar-refractivity contribution in [3.8, 4) is 0 Å². The van der Waals surface area contributed by atoms with Crippen LogP contribution in [0, 0.1) is 16.7 Å². The highest BCUT2D eigenvalue weighted by atomic mass is 16.5. The molecule has 2 bridgehead atoms. The van der Waals surface area contributed by atoms with Gasteiger partial charge in [0.2, 0.25) is 5.91 Å². The van der Waals surface area contributed by atoms with E-state index in [4.69, 9.17) is 9.47 Å². The second kappa shape index (κ2) is 5.22. The molecule has 0 spiro atoms. The van der Waals surface area contributed by atoms with E-state index in [2.05, 4.69) is 20.8 Å². The van der Waals surface area contributed by atoms with E-state index in [1.807, 2.05) is 0 Å². The number of esters is 1. The predicted molar refractivity (Wildman–Crippen MR) is 80.9 cm³/mol. The predicted octanol–water partition coefficient (Wildman–Crippen LogP) is 2.34. The third-order valence-electron chi connectivity index (χ3n) is 6.93. The second-order valence-electron chi connectivity index (χ2n) is 7.84. The Morgan fingerprint density at radius 3 is 2.59 bits per heavy atom. The quantitative estimate of drug-likeness (QED) is 0.748. The van der Waals surface area contributed by atoms with Crippen molar-refractivity contribution in [1.29, 1.82) is 0 Å². The van der Waals surface area contributed by atoms with Gasteiger partial charge in [0.25, 0.3) is 0 Å². The highest BCUT2D eigenvalue weighted by molar-refractivity contribution is 5.88. The summed E-state index contributed by atoms with van der Waals surface area (Å²) in [5, 5.41) is 0. The van der Waals surface area contributed by atoms with Gasteiger partial charge in [-0.2, -0.15) is 0 Å². The number of fused-ring (bicyclic) bond motifs is 2. The van der Waals surface area contributed by atoms with Crippen LogP contribution in [-0.2, 0) is 19.1 Å². The molecule has 2 saturated carbocycles. The van der Waals surface area contributed by atoms with Gasteiger partial charge in [-0.25, -0.2) is 4.79 Å². The van der Waals surface area contributed by atoms with Gasteiger partial charge < -0.3 is 14.4 Å². The fourth-order valence-electron chi connectivity index (χ4n) is 4.83. The number of rotatable bonds is 4. The summed E-state index contributed by atoms with van der Waals surface area (Å²) in [4.78, 5) is 25.4. The molecular weight excluding hydrogens is 282 g/mol. The van der Waals surface area contributed by atoms with Crippen LogP contribution in [0.3, 0.4) is 0 Å². The fraction of sp³-hybridized carbons (Fsp3) is 0.882. The molecule has 0 N–H and O–H groups in total. The Morgan fingerprint density at radius 1 is 1.32 bits per heavy atom. The van der Waals surface area contributed by atoms with Crippen molar-refractivity contribution in [3.05, 3.63) is 0 Å². The third kappa shape index (κ3) is 2.08. The van der Waals surface area contributed by atoms with Crippen LogP contribution in [-0.4, -0.2) is 42.8 Å². The van der Waals surface area contributed by atoms with Gasteiger partial charge in [0, 0.05) is 6.42 Å². The van der Waals surface area contributed by atoms with E-state index >= 15 is 0 Å². The monoisotopic (exact) mass is 309 g/mol. The van der Waals surface area contributed by atoms with Crippen molar-refractivity contribution in [2.24, 2.45) is 16.7 Å². The average molecular weight is 309 g/mol. The molecule has 5 nitrogen and oxygen atoms in total. The highest BCUT2D eigenvalue weighted by Crippen LogP contribution is 2.66. The van der Waals surface area contributed by atoms with Crippen molar-refractivity contribution < 1.29 is 19.1 Å². The lowest BCUT2D eigenvalue weighted by molar-refractivity contribution is -0.157. The van der Waals surface area contributed by atoms with E-state index in [1.165, 1.54) is 20.0 Å². The summed E-state index contributed by atoms with van der Waals surface area (Å²) in [5.74, 6) is 0.352. The molecule has 4 atom stereocenters. The van der Waals surface area contributed by atoms with Crippen LogP contribution in [0.15, 0.2) is 0 Å². The lowest BCUT2D eigenvalue weighted by atomic mass is 9.70. The zero-order chi connectivity index (χ0) is 16.1. The Labute approximate surface area is 132 Å². The lowest BCUT2D eigenvalue weighted by Crippen LogP contribution is -2.44. The molecule has 1 heterocycles. The minimum absolute atomic E-state index is 0.0111. The summed E-state index contributed by atoms with van der Waals surface area (Å²) >= 11 is 0. The van der Waals surface area contributed by atoms with Crippen LogP contribution in [0.25, 0.3) is 0 Å². The maximum atomic E-state index is 12.0. The number of hydrogen-bond donors (Lipinski definition) is 0. The number of carbonyl (C=O) groups excluding carboxylic acids is 2. The van der Waals surface area contributed by atoms with Crippen LogP contribution in [0.5, 0.6) is 0 Å². The van der Waals surface area contributed by atoms with Gasteiger partial charge in [0.15, 0.2) is 0 Å². The molecule has 3 fully saturated rings. The Morgan fingerprint density at radius 2 is 2.05 bits per heavy atom. The molecule has 3 aliphatic rings. The summed E-state index contributed by atoms with van der Waals surface area (Å²) in [6.07, 6.45) is 4.63. The van der Waals surface area contributed by atoms with Crippen LogP contribution in [0.2, 0.25) is 0 Å². The van der Waals surface area contributed by atoms with Crippen molar-refractivity contribution >= 4 is 11.9 Å². The van der Waals surface area contributed by atoms with E-state index in [0.29, 0.717) is 18.8 Å². The first-order valence-electron chi connectivity index (χ1n) is 8.30. The first kappa shape index (κ1) is 15.8. The molecule has 22 heavy (non-hydrogen) atoms. The zero-order valence-electron chi connectivity index (χ0n) is 14.1. The van der Waals surface area contributed by atoms with Crippen molar-refractivity contribution in [1.82, 2.24) is 4.90 Å². The van der Waals surface area contributed by atoms with Crippen LogP contribution in [0.1, 0.15) is 52.9 Å². The first-order chi connectivity index (χ1) is 10.3. The molecule has 0 aromatic heterocycles. The first-order valence-corrected chi connectivity index (χ1v) is 8.30. The molecule has 0 aromatic rings. The number of ether oxygens (including phenoxy) is 2. The number of amides is 1. The highest BCUT2D eigenvalue weighted by Gasteiger charge is 2.62.